The molecule has 1 atom stereocenters. The Hall–Kier alpha value is -2.50. The molecule has 1 aliphatic rings. The van der Waals surface area contributed by atoms with Crippen LogP contribution in [-0.2, 0) is 13.6 Å². The largest absolute Gasteiger partial charge is 0.493 e. The highest BCUT2D eigenvalue weighted by Crippen LogP contribution is 2.32. The smallest absolute Gasteiger partial charge is 0.193 e. The molecule has 1 unspecified atom stereocenters. The van der Waals surface area contributed by atoms with Gasteiger partial charge in [-0.3, -0.25) is 9.67 Å². The van der Waals surface area contributed by atoms with Gasteiger partial charge < -0.3 is 15.0 Å². The van der Waals surface area contributed by atoms with E-state index in [2.05, 4.69) is 32.4 Å². The first-order valence-electron chi connectivity index (χ1n) is 8.28. The summed E-state index contributed by atoms with van der Waals surface area (Å²) in [6, 6.07) is 8.30. The van der Waals surface area contributed by atoms with E-state index in [0.717, 1.165) is 37.8 Å². The number of para-hydroxylation sites is 1. The van der Waals surface area contributed by atoms with Gasteiger partial charge in [0, 0.05) is 51.9 Å². The van der Waals surface area contributed by atoms with Crippen LogP contribution in [0.5, 0.6) is 5.75 Å². The number of aliphatic imine (C=N–C) groups is 1. The van der Waals surface area contributed by atoms with E-state index in [1.165, 1.54) is 11.1 Å². The lowest BCUT2D eigenvalue weighted by Gasteiger charge is -2.28. The van der Waals surface area contributed by atoms with Crippen molar-refractivity contribution in [2.24, 2.45) is 12.0 Å². The Bertz CT molecular complexity index is 709. The van der Waals surface area contributed by atoms with Crippen molar-refractivity contribution in [2.75, 3.05) is 27.2 Å². The predicted octanol–water partition coefficient (Wildman–Crippen LogP) is 1.99. The van der Waals surface area contributed by atoms with Crippen LogP contribution in [0.1, 0.15) is 23.5 Å². The normalized spacial score (nSPS) is 17.1. The molecule has 0 saturated carbocycles. The third-order valence-electron chi connectivity index (χ3n) is 4.34. The lowest BCUT2D eigenvalue weighted by molar-refractivity contribution is 0.266. The maximum atomic E-state index is 5.74. The molecule has 6 nitrogen and oxygen atoms in total. The molecule has 1 N–H and O–H groups in total. The highest BCUT2D eigenvalue weighted by Gasteiger charge is 2.21. The van der Waals surface area contributed by atoms with Crippen LogP contribution in [0.2, 0.25) is 0 Å². The summed E-state index contributed by atoms with van der Waals surface area (Å²) < 4.78 is 7.56. The van der Waals surface area contributed by atoms with Crippen LogP contribution in [0.25, 0.3) is 0 Å². The van der Waals surface area contributed by atoms with Crippen LogP contribution in [0.4, 0.5) is 0 Å². The highest BCUT2D eigenvalue weighted by molar-refractivity contribution is 5.79. The van der Waals surface area contributed by atoms with Crippen LogP contribution in [0.3, 0.4) is 0 Å². The van der Waals surface area contributed by atoms with Gasteiger partial charge in [0.2, 0.25) is 0 Å². The number of hydrogen-bond donors (Lipinski definition) is 1. The number of aryl methyl sites for hydroxylation is 1. The third kappa shape index (κ3) is 3.69. The summed E-state index contributed by atoms with van der Waals surface area (Å²) in [4.78, 5) is 6.52. The average molecular weight is 327 g/mol. The van der Waals surface area contributed by atoms with Crippen LogP contribution in [0, 0.1) is 0 Å². The van der Waals surface area contributed by atoms with E-state index in [-0.39, 0.29) is 0 Å². The second-order valence-corrected chi connectivity index (χ2v) is 6.18. The van der Waals surface area contributed by atoms with Crippen molar-refractivity contribution in [3.05, 3.63) is 47.8 Å². The molecule has 128 valence electrons. The van der Waals surface area contributed by atoms with Gasteiger partial charge in [-0.15, -0.1) is 0 Å². The summed E-state index contributed by atoms with van der Waals surface area (Å²) in [7, 11) is 5.79. The minimum atomic E-state index is 0.443. The lowest BCUT2D eigenvalue weighted by Crippen LogP contribution is -2.40. The molecule has 0 fully saturated rings. The van der Waals surface area contributed by atoms with E-state index in [4.69, 9.17) is 4.74 Å². The molecule has 1 aromatic carbocycles. The average Bonchev–Trinajstić information content (AvgIpc) is 3.00. The van der Waals surface area contributed by atoms with Gasteiger partial charge in [-0.2, -0.15) is 5.10 Å². The number of fused-ring (bicyclic) bond motifs is 1. The number of aromatic nitrogens is 2. The summed E-state index contributed by atoms with van der Waals surface area (Å²) in [6.45, 7) is 2.40. The van der Waals surface area contributed by atoms with Crippen molar-refractivity contribution < 1.29 is 4.74 Å². The number of benzene rings is 1. The standard InChI is InChI=1S/C18H25N5O/c1-19-18(22(2)12-14-10-21-23(3)13-14)20-11-15-8-9-24-17-7-5-4-6-16(15)17/h4-7,10,13,15H,8-9,11-12H2,1-3H3,(H,19,20). The first-order valence-corrected chi connectivity index (χ1v) is 8.28. The molecular formula is C18H25N5O. The second-order valence-electron chi connectivity index (χ2n) is 6.18. The van der Waals surface area contributed by atoms with Gasteiger partial charge in [0.05, 0.1) is 12.8 Å². The number of ether oxygens (including phenoxy) is 1. The fourth-order valence-corrected chi connectivity index (χ4v) is 3.13. The van der Waals surface area contributed by atoms with Crippen LogP contribution < -0.4 is 10.1 Å². The van der Waals surface area contributed by atoms with E-state index in [1.807, 2.05) is 50.4 Å². The van der Waals surface area contributed by atoms with E-state index >= 15 is 0 Å². The number of nitrogens with one attached hydrogen (secondary N) is 1. The minimum Gasteiger partial charge on any atom is -0.493 e. The number of rotatable bonds is 4. The molecular weight excluding hydrogens is 302 g/mol. The van der Waals surface area contributed by atoms with Crippen molar-refractivity contribution in [3.63, 3.8) is 0 Å². The summed E-state index contributed by atoms with van der Waals surface area (Å²) >= 11 is 0. The van der Waals surface area contributed by atoms with Gasteiger partial charge in [-0.25, -0.2) is 0 Å². The molecule has 0 spiro atoms. The van der Waals surface area contributed by atoms with Gasteiger partial charge in [-0.05, 0) is 18.1 Å². The van der Waals surface area contributed by atoms with E-state index < -0.39 is 0 Å². The SMILES string of the molecule is CN=C(NCC1CCOc2ccccc21)N(C)Cc1cnn(C)c1. The maximum Gasteiger partial charge on any atom is 0.193 e. The Morgan fingerprint density at radius 2 is 2.29 bits per heavy atom. The van der Waals surface area contributed by atoms with Crippen LogP contribution in [-0.4, -0.2) is 47.9 Å². The van der Waals surface area contributed by atoms with Crippen molar-refractivity contribution in [2.45, 2.75) is 18.9 Å². The Balaban J connectivity index is 1.60. The topological polar surface area (TPSA) is 54.7 Å². The number of nitrogens with zero attached hydrogens (tertiary/aromatic N) is 4. The second kappa shape index (κ2) is 7.38. The lowest BCUT2D eigenvalue weighted by atomic mass is 9.93. The summed E-state index contributed by atoms with van der Waals surface area (Å²) in [6.07, 6.45) is 4.93. The van der Waals surface area contributed by atoms with Gasteiger partial charge in [0.15, 0.2) is 5.96 Å². The minimum absolute atomic E-state index is 0.443. The molecule has 0 saturated heterocycles. The van der Waals surface area contributed by atoms with E-state index in [9.17, 15) is 0 Å². The third-order valence-corrected chi connectivity index (χ3v) is 4.34. The number of hydrogen-bond acceptors (Lipinski definition) is 3. The van der Waals surface area contributed by atoms with Crippen LogP contribution >= 0.6 is 0 Å². The molecule has 0 bridgehead atoms. The molecule has 0 radical (unpaired) electrons. The summed E-state index contributed by atoms with van der Waals surface area (Å²) in [5, 5.41) is 7.72. The van der Waals surface area contributed by atoms with E-state index in [0.29, 0.717) is 5.92 Å². The number of guanidine groups is 1. The molecule has 2 heterocycles. The zero-order chi connectivity index (χ0) is 16.9. The van der Waals surface area contributed by atoms with Crippen molar-refractivity contribution in [1.82, 2.24) is 20.0 Å². The first kappa shape index (κ1) is 16.4. The zero-order valence-electron chi connectivity index (χ0n) is 14.6. The maximum absolute atomic E-state index is 5.74. The van der Waals surface area contributed by atoms with Crippen LogP contribution in [0.15, 0.2) is 41.7 Å². The van der Waals surface area contributed by atoms with Crippen molar-refractivity contribution in [3.8, 4) is 5.75 Å². The van der Waals surface area contributed by atoms with Gasteiger partial charge >= 0.3 is 0 Å². The fraction of sp³-hybridized carbons (Fsp3) is 0.444. The summed E-state index contributed by atoms with van der Waals surface area (Å²) in [5.74, 6) is 2.34. The fourth-order valence-electron chi connectivity index (χ4n) is 3.13. The first-order chi connectivity index (χ1) is 11.7. The molecule has 0 aliphatic carbocycles. The molecule has 0 amide bonds. The molecule has 24 heavy (non-hydrogen) atoms. The summed E-state index contributed by atoms with van der Waals surface area (Å²) in [5.41, 5.74) is 2.45. The highest BCUT2D eigenvalue weighted by atomic mass is 16.5. The molecule has 2 aromatic rings. The van der Waals surface area contributed by atoms with Gasteiger partial charge in [0.25, 0.3) is 0 Å². The van der Waals surface area contributed by atoms with E-state index in [1.54, 1.807) is 0 Å². The van der Waals surface area contributed by atoms with Gasteiger partial charge in [0.1, 0.15) is 5.75 Å². The molecule has 1 aromatic heterocycles. The predicted molar refractivity (Wildman–Crippen MR) is 95.3 cm³/mol. The van der Waals surface area contributed by atoms with Gasteiger partial charge in [-0.1, -0.05) is 18.2 Å². The zero-order valence-corrected chi connectivity index (χ0v) is 14.6. The van der Waals surface area contributed by atoms with Crippen molar-refractivity contribution in [1.29, 1.82) is 0 Å². The Morgan fingerprint density at radius 1 is 1.46 bits per heavy atom. The van der Waals surface area contributed by atoms with Crippen molar-refractivity contribution >= 4 is 5.96 Å². The molecule has 1 aliphatic heterocycles. The Kier molecular flexibility index (Phi) is 5.03. The Labute approximate surface area is 143 Å². The quantitative estimate of drug-likeness (QED) is 0.689. The monoisotopic (exact) mass is 327 g/mol. The molecule has 3 rings (SSSR count). The Morgan fingerprint density at radius 3 is 3.04 bits per heavy atom. The molecule has 6 heteroatoms.